The fourth-order valence-corrected chi connectivity index (χ4v) is 3.84. The van der Waals surface area contributed by atoms with Crippen LogP contribution >= 0.6 is 11.3 Å². The number of hydrogen-bond donors (Lipinski definition) is 1. The number of rotatable bonds is 6. The van der Waals surface area contributed by atoms with Crippen LogP contribution in [0.2, 0.25) is 0 Å². The third-order valence-electron chi connectivity index (χ3n) is 3.95. The Balaban J connectivity index is 1.82. The van der Waals surface area contributed by atoms with Crippen LogP contribution in [0.4, 0.5) is 0 Å². The van der Waals surface area contributed by atoms with Gasteiger partial charge in [0, 0.05) is 29.7 Å². The predicted octanol–water partition coefficient (Wildman–Crippen LogP) is 3.92. The maximum absolute atomic E-state index is 4.25. The van der Waals surface area contributed by atoms with Crippen LogP contribution in [0.1, 0.15) is 30.6 Å². The standard InChI is InChI=1S/C17H21N3S/c1-3-18-16(9-8-13-10-11-19-20(13)2)15-12-21-17-7-5-4-6-14(15)17/h4-7,10-12,16,18H,3,8-9H2,1-2H3. The molecule has 110 valence electrons. The van der Waals surface area contributed by atoms with Crippen LogP contribution in [0.5, 0.6) is 0 Å². The lowest BCUT2D eigenvalue weighted by Gasteiger charge is -2.17. The number of nitrogens with zero attached hydrogens (tertiary/aromatic N) is 2. The molecule has 0 aliphatic heterocycles. The molecule has 21 heavy (non-hydrogen) atoms. The van der Waals surface area contributed by atoms with Gasteiger partial charge in [0.1, 0.15) is 0 Å². The van der Waals surface area contributed by atoms with Crippen molar-refractivity contribution < 1.29 is 0 Å². The quantitative estimate of drug-likeness (QED) is 0.747. The van der Waals surface area contributed by atoms with E-state index in [1.807, 2.05) is 29.3 Å². The number of fused-ring (bicyclic) bond motifs is 1. The average molecular weight is 299 g/mol. The summed E-state index contributed by atoms with van der Waals surface area (Å²) >= 11 is 1.84. The van der Waals surface area contributed by atoms with Crippen molar-refractivity contribution in [3.05, 3.63) is 53.2 Å². The molecule has 0 aliphatic rings. The molecule has 3 rings (SSSR count). The predicted molar refractivity (Wildman–Crippen MR) is 89.8 cm³/mol. The lowest BCUT2D eigenvalue weighted by atomic mass is 10.00. The van der Waals surface area contributed by atoms with Crippen molar-refractivity contribution in [1.82, 2.24) is 15.1 Å². The van der Waals surface area contributed by atoms with Crippen LogP contribution < -0.4 is 5.32 Å². The average Bonchev–Trinajstić information content (AvgIpc) is 3.10. The van der Waals surface area contributed by atoms with E-state index in [4.69, 9.17) is 0 Å². The van der Waals surface area contributed by atoms with Crippen molar-refractivity contribution in [3.63, 3.8) is 0 Å². The van der Waals surface area contributed by atoms with E-state index in [0.29, 0.717) is 6.04 Å². The highest BCUT2D eigenvalue weighted by molar-refractivity contribution is 7.17. The van der Waals surface area contributed by atoms with Gasteiger partial charge in [-0.3, -0.25) is 4.68 Å². The smallest absolute Gasteiger partial charge is 0.0492 e. The third kappa shape index (κ3) is 3.01. The number of benzene rings is 1. The molecule has 0 spiro atoms. The highest BCUT2D eigenvalue weighted by Gasteiger charge is 2.15. The summed E-state index contributed by atoms with van der Waals surface area (Å²) in [4.78, 5) is 0. The van der Waals surface area contributed by atoms with Crippen LogP contribution in [0.3, 0.4) is 0 Å². The first-order valence-corrected chi connectivity index (χ1v) is 8.34. The molecular weight excluding hydrogens is 278 g/mol. The van der Waals surface area contributed by atoms with E-state index in [9.17, 15) is 0 Å². The van der Waals surface area contributed by atoms with Crippen molar-refractivity contribution in [3.8, 4) is 0 Å². The Labute approximate surface area is 129 Å². The molecule has 0 bridgehead atoms. The first-order chi connectivity index (χ1) is 10.3. The molecule has 2 aromatic heterocycles. The van der Waals surface area contributed by atoms with Gasteiger partial charge in [0.15, 0.2) is 0 Å². The lowest BCUT2D eigenvalue weighted by Crippen LogP contribution is -2.21. The van der Waals surface area contributed by atoms with Gasteiger partial charge in [-0.15, -0.1) is 11.3 Å². The van der Waals surface area contributed by atoms with E-state index < -0.39 is 0 Å². The zero-order chi connectivity index (χ0) is 14.7. The van der Waals surface area contributed by atoms with Gasteiger partial charge in [-0.25, -0.2) is 0 Å². The Morgan fingerprint density at radius 2 is 2.14 bits per heavy atom. The molecule has 3 aromatic rings. The van der Waals surface area contributed by atoms with E-state index in [-0.39, 0.29) is 0 Å². The third-order valence-corrected chi connectivity index (χ3v) is 4.93. The van der Waals surface area contributed by atoms with Crippen molar-refractivity contribution in [2.45, 2.75) is 25.8 Å². The molecule has 0 aliphatic carbocycles. The summed E-state index contributed by atoms with van der Waals surface area (Å²) in [5.74, 6) is 0. The monoisotopic (exact) mass is 299 g/mol. The van der Waals surface area contributed by atoms with Gasteiger partial charge in [0.25, 0.3) is 0 Å². The molecular formula is C17H21N3S. The summed E-state index contributed by atoms with van der Waals surface area (Å²) in [5.41, 5.74) is 2.72. The van der Waals surface area contributed by atoms with E-state index >= 15 is 0 Å². The molecule has 0 saturated heterocycles. The van der Waals surface area contributed by atoms with Gasteiger partial charge in [-0.1, -0.05) is 25.1 Å². The summed E-state index contributed by atoms with van der Waals surface area (Å²) in [6.07, 6.45) is 4.00. The minimum Gasteiger partial charge on any atom is -0.310 e. The second-order valence-corrected chi connectivity index (χ2v) is 6.19. The first kappa shape index (κ1) is 14.3. The first-order valence-electron chi connectivity index (χ1n) is 7.46. The van der Waals surface area contributed by atoms with Crippen molar-refractivity contribution in [2.24, 2.45) is 7.05 Å². The minimum atomic E-state index is 0.404. The van der Waals surface area contributed by atoms with E-state index in [1.165, 1.54) is 21.3 Å². The molecule has 4 heteroatoms. The van der Waals surface area contributed by atoms with Crippen LogP contribution in [0, 0.1) is 0 Å². The zero-order valence-electron chi connectivity index (χ0n) is 12.5. The fourth-order valence-electron chi connectivity index (χ4n) is 2.82. The molecule has 0 saturated carbocycles. The van der Waals surface area contributed by atoms with E-state index in [0.717, 1.165) is 19.4 Å². The minimum absolute atomic E-state index is 0.404. The van der Waals surface area contributed by atoms with Crippen molar-refractivity contribution in [2.75, 3.05) is 6.54 Å². The van der Waals surface area contributed by atoms with Crippen LogP contribution in [-0.4, -0.2) is 16.3 Å². The van der Waals surface area contributed by atoms with Gasteiger partial charge < -0.3 is 5.32 Å². The van der Waals surface area contributed by atoms with E-state index in [2.05, 4.69) is 53.1 Å². The number of thiophene rings is 1. The van der Waals surface area contributed by atoms with E-state index in [1.54, 1.807) is 0 Å². The maximum atomic E-state index is 4.25. The Morgan fingerprint density at radius 1 is 1.29 bits per heavy atom. The molecule has 1 atom stereocenters. The second-order valence-electron chi connectivity index (χ2n) is 5.28. The molecule has 0 fully saturated rings. The second kappa shape index (κ2) is 6.41. The summed E-state index contributed by atoms with van der Waals surface area (Å²) < 4.78 is 3.34. The number of aromatic nitrogens is 2. The summed E-state index contributed by atoms with van der Waals surface area (Å²) in [6, 6.07) is 11.2. The van der Waals surface area contributed by atoms with Crippen molar-refractivity contribution >= 4 is 21.4 Å². The number of aryl methyl sites for hydroxylation is 2. The highest BCUT2D eigenvalue weighted by atomic mass is 32.1. The molecule has 1 N–H and O–H groups in total. The highest BCUT2D eigenvalue weighted by Crippen LogP contribution is 2.32. The molecule has 3 nitrogen and oxygen atoms in total. The Hall–Kier alpha value is -1.65. The fraction of sp³-hybridized carbons (Fsp3) is 0.353. The Morgan fingerprint density at radius 3 is 2.90 bits per heavy atom. The largest absolute Gasteiger partial charge is 0.310 e. The normalized spacial score (nSPS) is 12.9. The molecule has 0 amide bonds. The molecule has 2 heterocycles. The van der Waals surface area contributed by atoms with Gasteiger partial charge in [0.05, 0.1) is 0 Å². The summed E-state index contributed by atoms with van der Waals surface area (Å²) in [5, 5.41) is 11.6. The molecule has 0 radical (unpaired) electrons. The summed E-state index contributed by atoms with van der Waals surface area (Å²) in [6.45, 7) is 3.16. The number of nitrogens with one attached hydrogen (secondary N) is 1. The van der Waals surface area contributed by atoms with Gasteiger partial charge in [0.2, 0.25) is 0 Å². The van der Waals surface area contributed by atoms with Crippen LogP contribution in [0.25, 0.3) is 10.1 Å². The molecule has 1 unspecified atom stereocenters. The van der Waals surface area contributed by atoms with Crippen molar-refractivity contribution in [1.29, 1.82) is 0 Å². The lowest BCUT2D eigenvalue weighted by molar-refractivity contribution is 0.510. The summed E-state index contributed by atoms with van der Waals surface area (Å²) in [7, 11) is 2.01. The Bertz CT molecular complexity index is 713. The zero-order valence-corrected chi connectivity index (χ0v) is 13.4. The van der Waals surface area contributed by atoms with Crippen LogP contribution in [0.15, 0.2) is 41.9 Å². The van der Waals surface area contributed by atoms with Crippen LogP contribution in [-0.2, 0) is 13.5 Å². The number of hydrogen-bond acceptors (Lipinski definition) is 3. The topological polar surface area (TPSA) is 29.9 Å². The maximum Gasteiger partial charge on any atom is 0.0492 e. The van der Waals surface area contributed by atoms with Gasteiger partial charge in [-0.2, -0.15) is 5.10 Å². The molecule has 1 aromatic carbocycles. The Kier molecular flexibility index (Phi) is 4.36. The van der Waals surface area contributed by atoms with Gasteiger partial charge >= 0.3 is 0 Å². The SMILES string of the molecule is CCNC(CCc1ccnn1C)c1csc2ccccc12. The van der Waals surface area contributed by atoms with Gasteiger partial charge in [-0.05, 0) is 47.8 Å².